The summed E-state index contributed by atoms with van der Waals surface area (Å²) in [6.07, 6.45) is 6.99. The molecular weight excluding hydrogens is 462 g/mol. The van der Waals surface area contributed by atoms with Crippen LogP contribution in [0, 0.1) is 6.92 Å². The first-order valence-corrected chi connectivity index (χ1v) is 17.0. The molecule has 2 bridgehead atoms. The number of piperidine rings is 1. The molecule has 0 saturated carbocycles. The van der Waals surface area contributed by atoms with E-state index in [9.17, 15) is 0 Å². The Balaban J connectivity index is 1.36. The van der Waals surface area contributed by atoms with Crippen LogP contribution < -0.4 is 5.73 Å². The molecule has 4 atom stereocenters. The molecule has 2 fully saturated rings. The molecule has 7 heteroatoms. The third kappa shape index (κ3) is 5.95. The monoisotopic (exact) mass is 511 g/mol. The van der Waals surface area contributed by atoms with Crippen molar-refractivity contribution >= 4 is 8.32 Å². The van der Waals surface area contributed by atoms with Crippen LogP contribution in [0.15, 0.2) is 30.3 Å². The minimum Gasteiger partial charge on any atom is -0.417 e. The molecule has 3 heterocycles. The highest BCUT2D eigenvalue weighted by molar-refractivity contribution is 6.74. The molecule has 2 saturated heterocycles. The minimum absolute atomic E-state index is 0.115. The average molecular weight is 512 g/mol. The Bertz CT molecular complexity index is 971. The second-order valence-corrected chi connectivity index (χ2v) is 17.6. The Morgan fingerprint density at radius 2 is 1.67 bits per heavy atom. The van der Waals surface area contributed by atoms with Gasteiger partial charge in [0.05, 0.1) is 0 Å². The number of benzene rings is 1. The van der Waals surface area contributed by atoms with Crippen LogP contribution in [0.2, 0.25) is 18.1 Å². The van der Waals surface area contributed by atoms with Gasteiger partial charge in [0, 0.05) is 43.2 Å². The lowest BCUT2D eigenvalue weighted by atomic mass is 9.95. The van der Waals surface area contributed by atoms with Crippen LogP contribution in [0.3, 0.4) is 0 Å². The number of nitrogens with two attached hydrogens (primary N) is 1. The summed E-state index contributed by atoms with van der Waals surface area (Å²) >= 11 is 0. The van der Waals surface area contributed by atoms with Crippen LogP contribution in [0.4, 0.5) is 0 Å². The summed E-state index contributed by atoms with van der Waals surface area (Å²) in [5, 5.41) is 9.46. The predicted octanol–water partition coefficient (Wildman–Crippen LogP) is 6.36. The van der Waals surface area contributed by atoms with Crippen LogP contribution in [0.25, 0.3) is 0 Å². The van der Waals surface area contributed by atoms with Crippen LogP contribution in [-0.2, 0) is 4.43 Å². The van der Waals surface area contributed by atoms with Crippen LogP contribution in [-0.4, -0.2) is 53.2 Å². The lowest BCUT2D eigenvalue weighted by molar-refractivity contribution is 0.101. The molecule has 1 aromatic carbocycles. The average Bonchev–Trinajstić information content (AvgIpc) is 3.32. The molecule has 200 valence electrons. The number of nitrogens with zero attached hydrogens (tertiary/aromatic N) is 4. The van der Waals surface area contributed by atoms with E-state index in [0.29, 0.717) is 24.0 Å². The molecule has 0 aliphatic carbocycles. The standard InChI is InChI=1S/C29H49N5OSi/c1-21(16-18-35-36(6,7)29(3,4)5)28-32-31-22(2)34(28)26-19-24-13-14-25(20-26)33(24)17-15-27(30)23-11-9-8-10-12-23/h8-12,21,24-27H,13-20,30H2,1-7H3/t21?,24?,25?,26?,27-/m0/s1. The highest BCUT2D eigenvalue weighted by atomic mass is 28.4. The van der Waals surface area contributed by atoms with E-state index in [4.69, 9.17) is 10.2 Å². The van der Waals surface area contributed by atoms with Crippen molar-refractivity contribution in [2.24, 2.45) is 5.73 Å². The molecular formula is C29H49N5OSi. The van der Waals surface area contributed by atoms with E-state index in [1.807, 2.05) is 0 Å². The second kappa shape index (κ2) is 11.1. The molecule has 2 aliphatic rings. The maximum Gasteiger partial charge on any atom is 0.191 e. The van der Waals surface area contributed by atoms with Crippen LogP contribution >= 0.6 is 0 Å². The Morgan fingerprint density at radius 1 is 1.03 bits per heavy atom. The van der Waals surface area contributed by atoms with E-state index in [-0.39, 0.29) is 11.1 Å². The van der Waals surface area contributed by atoms with Gasteiger partial charge in [-0.25, -0.2) is 0 Å². The predicted molar refractivity (Wildman–Crippen MR) is 151 cm³/mol. The van der Waals surface area contributed by atoms with Crippen molar-refractivity contribution in [3.63, 3.8) is 0 Å². The molecule has 2 N–H and O–H groups in total. The van der Waals surface area contributed by atoms with Gasteiger partial charge < -0.3 is 14.7 Å². The first-order chi connectivity index (χ1) is 17.0. The largest absolute Gasteiger partial charge is 0.417 e. The van der Waals surface area contributed by atoms with Crippen LogP contribution in [0.1, 0.15) is 101 Å². The molecule has 6 nitrogen and oxygen atoms in total. The van der Waals surface area contributed by atoms with E-state index in [1.54, 1.807) is 0 Å². The topological polar surface area (TPSA) is 69.2 Å². The van der Waals surface area contributed by atoms with Gasteiger partial charge in [-0.3, -0.25) is 4.90 Å². The second-order valence-electron chi connectivity index (χ2n) is 12.8. The maximum absolute atomic E-state index is 6.54. The third-order valence-corrected chi connectivity index (χ3v) is 13.8. The summed E-state index contributed by atoms with van der Waals surface area (Å²) < 4.78 is 8.96. The van der Waals surface area contributed by atoms with E-state index in [2.05, 4.69) is 97.7 Å². The highest BCUT2D eigenvalue weighted by Gasteiger charge is 2.42. The van der Waals surface area contributed by atoms with Crippen molar-refractivity contribution < 1.29 is 4.43 Å². The summed E-state index contributed by atoms with van der Waals surface area (Å²) in [5.74, 6) is 2.55. The van der Waals surface area contributed by atoms with Crippen molar-refractivity contribution in [2.75, 3.05) is 13.2 Å². The molecule has 2 aromatic rings. The fourth-order valence-electron chi connectivity index (χ4n) is 5.99. The van der Waals surface area contributed by atoms with Gasteiger partial charge in [-0.1, -0.05) is 58.0 Å². The molecule has 36 heavy (non-hydrogen) atoms. The number of aryl methyl sites for hydroxylation is 1. The molecule has 2 aliphatic heterocycles. The maximum atomic E-state index is 6.54. The van der Waals surface area contributed by atoms with Crippen molar-refractivity contribution in [3.8, 4) is 0 Å². The lowest BCUT2D eigenvalue weighted by Gasteiger charge is -2.40. The van der Waals surface area contributed by atoms with E-state index in [1.165, 1.54) is 31.2 Å². The Morgan fingerprint density at radius 3 is 2.28 bits per heavy atom. The summed E-state index contributed by atoms with van der Waals surface area (Å²) in [4.78, 5) is 2.76. The van der Waals surface area contributed by atoms with Crippen molar-refractivity contribution in [1.82, 2.24) is 19.7 Å². The summed E-state index contributed by atoms with van der Waals surface area (Å²) in [6.45, 7) is 17.9. The SMILES string of the molecule is Cc1nnc(C(C)CCO[Si](C)(C)C(C)(C)C)n1C1CC2CCC(C1)N2CC[C@H](N)c1ccccc1. The normalized spacial score (nSPS) is 24.7. The van der Waals surface area contributed by atoms with E-state index in [0.717, 1.165) is 37.6 Å². The highest BCUT2D eigenvalue weighted by Crippen LogP contribution is 2.43. The lowest BCUT2D eigenvalue weighted by Crippen LogP contribution is -2.44. The van der Waals surface area contributed by atoms with Gasteiger partial charge in [-0.05, 0) is 69.1 Å². The van der Waals surface area contributed by atoms with Crippen molar-refractivity contribution in [2.45, 2.75) is 121 Å². The Hall–Kier alpha value is -1.54. The molecule has 4 rings (SSSR count). The number of hydrogen-bond acceptors (Lipinski definition) is 5. The summed E-state index contributed by atoms with van der Waals surface area (Å²) in [7, 11) is -1.73. The Labute approximate surface area is 220 Å². The van der Waals surface area contributed by atoms with Gasteiger partial charge in [-0.2, -0.15) is 0 Å². The van der Waals surface area contributed by atoms with Gasteiger partial charge in [0.1, 0.15) is 11.6 Å². The fourth-order valence-corrected chi connectivity index (χ4v) is 7.05. The van der Waals surface area contributed by atoms with Gasteiger partial charge >= 0.3 is 0 Å². The van der Waals surface area contributed by atoms with E-state index < -0.39 is 8.32 Å². The van der Waals surface area contributed by atoms with Gasteiger partial charge in [-0.15, -0.1) is 10.2 Å². The van der Waals surface area contributed by atoms with Gasteiger partial charge in [0.25, 0.3) is 0 Å². The molecule has 0 amide bonds. The number of aromatic nitrogens is 3. The zero-order valence-corrected chi connectivity index (χ0v) is 24.7. The molecule has 1 aromatic heterocycles. The molecule has 0 radical (unpaired) electrons. The number of hydrogen-bond donors (Lipinski definition) is 1. The number of rotatable bonds is 10. The minimum atomic E-state index is -1.73. The first-order valence-electron chi connectivity index (χ1n) is 14.1. The first kappa shape index (κ1) is 27.5. The zero-order chi connectivity index (χ0) is 26.1. The zero-order valence-electron chi connectivity index (χ0n) is 23.7. The number of fused-ring (bicyclic) bond motifs is 2. The van der Waals surface area contributed by atoms with Crippen molar-refractivity contribution in [1.29, 1.82) is 0 Å². The van der Waals surface area contributed by atoms with Gasteiger partial charge in [0.2, 0.25) is 0 Å². The molecule has 3 unspecified atom stereocenters. The summed E-state index contributed by atoms with van der Waals surface area (Å²) in [6, 6.07) is 12.4. The fraction of sp³-hybridized carbons (Fsp3) is 0.724. The van der Waals surface area contributed by atoms with Crippen LogP contribution in [0.5, 0.6) is 0 Å². The van der Waals surface area contributed by atoms with Crippen molar-refractivity contribution in [3.05, 3.63) is 47.5 Å². The van der Waals surface area contributed by atoms with Gasteiger partial charge in [0.15, 0.2) is 8.32 Å². The quantitative estimate of drug-likeness (QED) is 0.376. The third-order valence-electron chi connectivity index (χ3n) is 9.30. The Kier molecular flexibility index (Phi) is 8.44. The molecule has 0 spiro atoms. The summed E-state index contributed by atoms with van der Waals surface area (Å²) in [5.41, 5.74) is 7.78. The smallest absolute Gasteiger partial charge is 0.191 e. The van der Waals surface area contributed by atoms with E-state index >= 15 is 0 Å².